The summed E-state index contributed by atoms with van der Waals surface area (Å²) in [7, 11) is 0. The molecule has 0 fully saturated rings. The number of hydrogen-bond acceptors (Lipinski definition) is 1. The van der Waals surface area contributed by atoms with Crippen LogP contribution < -0.4 is 5.32 Å². The van der Waals surface area contributed by atoms with E-state index >= 15 is 0 Å². The molecule has 0 amide bonds. The number of nitrogens with one attached hydrogen (secondary N) is 1. The van der Waals surface area contributed by atoms with Gasteiger partial charge in [-0.1, -0.05) is 82.9 Å². The van der Waals surface area contributed by atoms with Crippen molar-refractivity contribution < 1.29 is 0 Å². The number of para-hydroxylation sites is 1. The summed E-state index contributed by atoms with van der Waals surface area (Å²) in [5.41, 5.74) is 2.88. The summed E-state index contributed by atoms with van der Waals surface area (Å²) < 4.78 is 0. The first-order valence-corrected chi connectivity index (χ1v) is 9.24. The second-order valence-electron chi connectivity index (χ2n) is 6.65. The van der Waals surface area contributed by atoms with Gasteiger partial charge in [0.05, 0.1) is 0 Å². The quantitative estimate of drug-likeness (QED) is 0.495. The van der Waals surface area contributed by atoms with Crippen molar-refractivity contribution in [3.8, 4) is 0 Å². The molecule has 2 rings (SSSR count). The van der Waals surface area contributed by atoms with E-state index in [-0.39, 0.29) is 0 Å². The number of anilines is 1. The summed E-state index contributed by atoms with van der Waals surface area (Å²) in [6.07, 6.45) is 16.8. The summed E-state index contributed by atoms with van der Waals surface area (Å²) >= 11 is 0. The Bertz CT molecular complexity index is 385. The van der Waals surface area contributed by atoms with Crippen LogP contribution in [0, 0.1) is 0 Å². The van der Waals surface area contributed by atoms with Crippen LogP contribution in [-0.4, -0.2) is 6.04 Å². The number of rotatable bonds is 10. The van der Waals surface area contributed by atoms with Gasteiger partial charge in [-0.3, -0.25) is 0 Å². The lowest BCUT2D eigenvalue weighted by Gasteiger charge is -2.27. The molecule has 0 unspecified atom stereocenters. The Balaban J connectivity index is 1.49. The monoisotopic (exact) mass is 287 g/mol. The van der Waals surface area contributed by atoms with E-state index in [1.165, 1.54) is 88.3 Å². The standard InChI is InChI=1S/C20H33N/c1-2-3-4-5-6-7-8-9-10-14-19-17-16-18-13-11-12-15-20(18)21-19/h11-13,15,19,21H,2-10,14,16-17H2,1H3/t19-/m0/s1. The van der Waals surface area contributed by atoms with E-state index in [9.17, 15) is 0 Å². The molecule has 0 saturated heterocycles. The van der Waals surface area contributed by atoms with Crippen molar-refractivity contribution in [2.45, 2.75) is 90.0 Å². The first-order valence-electron chi connectivity index (χ1n) is 9.24. The van der Waals surface area contributed by atoms with Gasteiger partial charge in [-0.05, 0) is 30.9 Å². The predicted molar refractivity (Wildman–Crippen MR) is 94.0 cm³/mol. The SMILES string of the molecule is CCCCCCCCCCC[C@H]1CCc2ccccc2N1. The first-order chi connectivity index (χ1) is 10.4. The fourth-order valence-corrected chi connectivity index (χ4v) is 3.42. The highest BCUT2D eigenvalue weighted by molar-refractivity contribution is 5.53. The Labute approximate surface area is 131 Å². The van der Waals surface area contributed by atoms with Gasteiger partial charge in [0.1, 0.15) is 0 Å². The normalized spacial score (nSPS) is 17.3. The van der Waals surface area contributed by atoms with E-state index in [2.05, 4.69) is 36.5 Å². The van der Waals surface area contributed by atoms with Gasteiger partial charge in [0, 0.05) is 11.7 Å². The molecule has 21 heavy (non-hydrogen) atoms. The van der Waals surface area contributed by atoms with Crippen LogP contribution in [0.2, 0.25) is 0 Å². The van der Waals surface area contributed by atoms with E-state index in [1.54, 1.807) is 0 Å². The van der Waals surface area contributed by atoms with E-state index < -0.39 is 0 Å². The molecule has 0 spiro atoms. The molecule has 0 aliphatic carbocycles. The van der Waals surface area contributed by atoms with Crippen molar-refractivity contribution in [1.82, 2.24) is 0 Å². The van der Waals surface area contributed by atoms with Crippen LogP contribution in [-0.2, 0) is 6.42 Å². The zero-order chi connectivity index (χ0) is 14.8. The van der Waals surface area contributed by atoms with Crippen LogP contribution in [0.4, 0.5) is 5.69 Å². The van der Waals surface area contributed by atoms with Crippen LogP contribution in [0.3, 0.4) is 0 Å². The number of unbranched alkanes of at least 4 members (excludes halogenated alkanes) is 8. The number of benzene rings is 1. The van der Waals surface area contributed by atoms with Gasteiger partial charge in [-0.15, -0.1) is 0 Å². The van der Waals surface area contributed by atoms with Crippen LogP contribution in [0.1, 0.15) is 83.1 Å². The van der Waals surface area contributed by atoms with Gasteiger partial charge >= 0.3 is 0 Å². The Morgan fingerprint density at radius 1 is 0.905 bits per heavy atom. The molecule has 0 radical (unpaired) electrons. The van der Waals surface area contributed by atoms with Crippen molar-refractivity contribution in [3.63, 3.8) is 0 Å². The summed E-state index contributed by atoms with van der Waals surface area (Å²) in [6, 6.07) is 9.51. The lowest BCUT2D eigenvalue weighted by molar-refractivity contribution is 0.516. The minimum atomic E-state index is 0.712. The fraction of sp³-hybridized carbons (Fsp3) is 0.700. The van der Waals surface area contributed by atoms with Gasteiger partial charge in [-0.2, -0.15) is 0 Å². The van der Waals surface area contributed by atoms with Crippen LogP contribution in [0.5, 0.6) is 0 Å². The Morgan fingerprint density at radius 2 is 1.57 bits per heavy atom. The molecule has 1 heterocycles. The van der Waals surface area contributed by atoms with E-state index in [4.69, 9.17) is 0 Å². The molecule has 1 atom stereocenters. The van der Waals surface area contributed by atoms with Crippen LogP contribution >= 0.6 is 0 Å². The highest BCUT2D eigenvalue weighted by Crippen LogP contribution is 2.26. The summed E-state index contributed by atoms with van der Waals surface area (Å²) in [5.74, 6) is 0. The molecule has 1 aliphatic rings. The molecular weight excluding hydrogens is 254 g/mol. The number of aryl methyl sites for hydroxylation is 1. The smallest absolute Gasteiger partial charge is 0.0374 e. The second-order valence-corrected chi connectivity index (χ2v) is 6.65. The molecular formula is C20H33N. The minimum absolute atomic E-state index is 0.712. The largest absolute Gasteiger partial charge is 0.382 e. The zero-order valence-corrected chi connectivity index (χ0v) is 13.9. The Morgan fingerprint density at radius 3 is 2.33 bits per heavy atom. The maximum Gasteiger partial charge on any atom is 0.0374 e. The molecule has 0 bridgehead atoms. The molecule has 1 heteroatoms. The third-order valence-electron chi connectivity index (χ3n) is 4.80. The average molecular weight is 287 g/mol. The summed E-state index contributed by atoms with van der Waals surface area (Å²) in [5, 5.41) is 3.72. The summed E-state index contributed by atoms with van der Waals surface area (Å²) in [4.78, 5) is 0. The molecule has 1 N–H and O–H groups in total. The average Bonchev–Trinajstić information content (AvgIpc) is 2.53. The number of hydrogen-bond donors (Lipinski definition) is 1. The molecule has 1 aliphatic heterocycles. The van der Waals surface area contributed by atoms with Gasteiger partial charge in [0.2, 0.25) is 0 Å². The third kappa shape index (κ3) is 6.11. The molecule has 1 aromatic carbocycles. The van der Waals surface area contributed by atoms with E-state index in [1.807, 2.05) is 0 Å². The third-order valence-corrected chi connectivity index (χ3v) is 4.80. The highest BCUT2D eigenvalue weighted by Gasteiger charge is 2.16. The van der Waals surface area contributed by atoms with Gasteiger partial charge in [0.15, 0.2) is 0 Å². The van der Waals surface area contributed by atoms with E-state index in [0.29, 0.717) is 6.04 Å². The first kappa shape index (κ1) is 16.4. The second kappa shape index (κ2) is 9.87. The van der Waals surface area contributed by atoms with Crippen molar-refractivity contribution in [2.24, 2.45) is 0 Å². The number of fused-ring (bicyclic) bond motifs is 1. The van der Waals surface area contributed by atoms with Gasteiger partial charge in [-0.25, -0.2) is 0 Å². The fourth-order valence-electron chi connectivity index (χ4n) is 3.42. The lowest BCUT2D eigenvalue weighted by atomic mass is 9.94. The summed E-state index contributed by atoms with van der Waals surface area (Å²) in [6.45, 7) is 2.29. The topological polar surface area (TPSA) is 12.0 Å². The van der Waals surface area contributed by atoms with E-state index in [0.717, 1.165) is 0 Å². The van der Waals surface area contributed by atoms with Crippen molar-refractivity contribution in [1.29, 1.82) is 0 Å². The predicted octanol–water partition coefficient (Wildman–Crippen LogP) is 6.33. The molecule has 1 aromatic rings. The lowest BCUT2D eigenvalue weighted by Crippen LogP contribution is -2.25. The van der Waals surface area contributed by atoms with Crippen molar-refractivity contribution >= 4 is 5.69 Å². The molecule has 118 valence electrons. The maximum absolute atomic E-state index is 3.72. The van der Waals surface area contributed by atoms with Crippen LogP contribution in [0.15, 0.2) is 24.3 Å². The zero-order valence-electron chi connectivity index (χ0n) is 13.9. The Hall–Kier alpha value is -0.980. The Kier molecular flexibility index (Phi) is 7.70. The highest BCUT2D eigenvalue weighted by atomic mass is 14.9. The molecule has 1 nitrogen and oxygen atoms in total. The van der Waals surface area contributed by atoms with Gasteiger partial charge in [0.25, 0.3) is 0 Å². The maximum atomic E-state index is 3.72. The van der Waals surface area contributed by atoms with Crippen LogP contribution in [0.25, 0.3) is 0 Å². The van der Waals surface area contributed by atoms with Gasteiger partial charge < -0.3 is 5.32 Å². The molecule has 0 saturated carbocycles. The van der Waals surface area contributed by atoms with Crippen molar-refractivity contribution in [2.75, 3.05) is 5.32 Å². The minimum Gasteiger partial charge on any atom is -0.382 e. The van der Waals surface area contributed by atoms with Crippen molar-refractivity contribution in [3.05, 3.63) is 29.8 Å². The molecule has 0 aromatic heterocycles.